The highest BCUT2D eigenvalue weighted by molar-refractivity contribution is 7.89. The third-order valence-electron chi connectivity index (χ3n) is 3.97. The predicted molar refractivity (Wildman–Crippen MR) is 80.5 cm³/mol. The van der Waals surface area contributed by atoms with Gasteiger partial charge in [0.05, 0.1) is 18.1 Å². The van der Waals surface area contributed by atoms with Crippen molar-refractivity contribution in [2.75, 3.05) is 26.8 Å². The van der Waals surface area contributed by atoms with E-state index < -0.39 is 10.0 Å². The highest BCUT2D eigenvalue weighted by Gasteiger charge is 2.25. The summed E-state index contributed by atoms with van der Waals surface area (Å²) in [5.74, 6) is 0.251. The zero-order valence-corrected chi connectivity index (χ0v) is 13.4. The van der Waals surface area contributed by atoms with Gasteiger partial charge < -0.3 is 9.84 Å². The molecule has 0 aromatic heterocycles. The normalized spacial score (nSPS) is 19.9. The molecule has 0 bridgehead atoms. The summed E-state index contributed by atoms with van der Waals surface area (Å²) >= 11 is 0. The molecular weight excluding hydrogens is 290 g/mol. The Morgan fingerprint density at radius 2 is 2.19 bits per heavy atom. The largest absolute Gasteiger partial charge is 0.392 e. The van der Waals surface area contributed by atoms with Gasteiger partial charge in [0.1, 0.15) is 0 Å². The number of rotatable bonds is 5. The third kappa shape index (κ3) is 3.83. The van der Waals surface area contributed by atoms with Crippen LogP contribution in [0.15, 0.2) is 23.1 Å². The van der Waals surface area contributed by atoms with Crippen molar-refractivity contribution in [2.24, 2.45) is 5.92 Å². The van der Waals surface area contributed by atoms with Crippen molar-refractivity contribution < 1.29 is 18.3 Å². The Balaban J connectivity index is 2.16. The minimum Gasteiger partial charge on any atom is -0.392 e. The second-order valence-electron chi connectivity index (χ2n) is 5.62. The highest BCUT2D eigenvalue weighted by atomic mass is 32.2. The number of aliphatic hydroxyl groups excluding tert-OH is 1. The van der Waals surface area contributed by atoms with Crippen molar-refractivity contribution in [2.45, 2.75) is 31.3 Å². The molecule has 1 aliphatic heterocycles. The molecule has 21 heavy (non-hydrogen) atoms. The van der Waals surface area contributed by atoms with Gasteiger partial charge in [0.15, 0.2) is 0 Å². The number of ether oxygens (including phenoxy) is 1. The number of hydrogen-bond donors (Lipinski definition) is 1. The molecule has 1 fully saturated rings. The molecule has 1 saturated heterocycles. The van der Waals surface area contributed by atoms with E-state index in [-0.39, 0.29) is 17.4 Å². The molecule has 0 spiro atoms. The minimum absolute atomic E-state index is 0.157. The summed E-state index contributed by atoms with van der Waals surface area (Å²) in [6.45, 7) is 3.55. The Kier molecular flexibility index (Phi) is 5.37. The molecule has 1 aromatic carbocycles. The van der Waals surface area contributed by atoms with E-state index in [0.717, 1.165) is 25.0 Å². The van der Waals surface area contributed by atoms with Gasteiger partial charge in [-0.3, -0.25) is 0 Å². The van der Waals surface area contributed by atoms with Crippen LogP contribution in [-0.2, 0) is 21.4 Å². The summed E-state index contributed by atoms with van der Waals surface area (Å²) in [5.41, 5.74) is 1.53. The molecule has 0 aliphatic carbocycles. The average Bonchev–Trinajstić information content (AvgIpc) is 2.48. The minimum atomic E-state index is -3.52. The van der Waals surface area contributed by atoms with E-state index in [1.54, 1.807) is 25.2 Å². The Labute approximate surface area is 126 Å². The zero-order valence-electron chi connectivity index (χ0n) is 12.6. The Bertz CT molecular complexity index is 579. The standard InChI is InChI=1S/C15H23NO4S/c1-12-5-6-15(8-14(12)10-17)21(18,19)16(2)9-13-4-3-7-20-11-13/h5-6,8,13,17H,3-4,7,9-11H2,1-2H3. The first kappa shape index (κ1) is 16.4. The third-order valence-corrected chi connectivity index (χ3v) is 5.79. The number of benzene rings is 1. The lowest BCUT2D eigenvalue weighted by Gasteiger charge is -2.26. The van der Waals surface area contributed by atoms with Gasteiger partial charge in [-0.15, -0.1) is 0 Å². The van der Waals surface area contributed by atoms with Gasteiger partial charge in [-0.2, -0.15) is 0 Å². The topological polar surface area (TPSA) is 66.8 Å². The van der Waals surface area contributed by atoms with Gasteiger partial charge in [0, 0.05) is 20.2 Å². The number of aryl methyl sites for hydroxylation is 1. The van der Waals surface area contributed by atoms with Crippen LogP contribution in [0, 0.1) is 12.8 Å². The molecule has 0 saturated carbocycles. The summed E-state index contributed by atoms with van der Waals surface area (Å²) in [4.78, 5) is 0.233. The molecule has 0 radical (unpaired) electrons. The molecule has 1 heterocycles. The molecule has 1 N–H and O–H groups in total. The molecule has 5 nitrogen and oxygen atoms in total. The van der Waals surface area contributed by atoms with E-state index in [2.05, 4.69) is 0 Å². The molecule has 1 aromatic rings. The van der Waals surface area contributed by atoms with Gasteiger partial charge in [-0.05, 0) is 48.9 Å². The molecule has 1 atom stereocenters. The van der Waals surface area contributed by atoms with Gasteiger partial charge in [-0.1, -0.05) is 6.07 Å². The fraction of sp³-hybridized carbons (Fsp3) is 0.600. The van der Waals surface area contributed by atoms with Gasteiger partial charge in [0.2, 0.25) is 10.0 Å². The fourth-order valence-electron chi connectivity index (χ4n) is 2.57. The van der Waals surface area contributed by atoms with Crippen molar-refractivity contribution in [1.82, 2.24) is 4.31 Å². The van der Waals surface area contributed by atoms with Crippen LogP contribution in [0.4, 0.5) is 0 Å². The van der Waals surface area contributed by atoms with E-state index in [1.807, 2.05) is 6.92 Å². The number of aliphatic hydroxyl groups is 1. The van der Waals surface area contributed by atoms with Gasteiger partial charge >= 0.3 is 0 Å². The summed E-state index contributed by atoms with van der Waals surface area (Å²) in [5, 5.41) is 9.28. The van der Waals surface area contributed by atoms with E-state index in [4.69, 9.17) is 4.74 Å². The molecule has 118 valence electrons. The van der Waals surface area contributed by atoms with Crippen molar-refractivity contribution in [3.05, 3.63) is 29.3 Å². The van der Waals surface area contributed by atoms with Crippen LogP contribution in [0.5, 0.6) is 0 Å². The van der Waals surface area contributed by atoms with E-state index in [0.29, 0.717) is 18.7 Å². The Hall–Kier alpha value is -0.950. The van der Waals surface area contributed by atoms with Crippen LogP contribution in [0.25, 0.3) is 0 Å². The maximum atomic E-state index is 12.6. The van der Waals surface area contributed by atoms with Crippen LogP contribution in [0.3, 0.4) is 0 Å². The van der Waals surface area contributed by atoms with Gasteiger partial charge in [-0.25, -0.2) is 12.7 Å². The Morgan fingerprint density at radius 3 is 2.81 bits per heavy atom. The van der Waals surface area contributed by atoms with Gasteiger partial charge in [0.25, 0.3) is 0 Å². The zero-order chi connectivity index (χ0) is 15.5. The molecule has 0 amide bonds. The Morgan fingerprint density at radius 1 is 1.43 bits per heavy atom. The van der Waals surface area contributed by atoms with Crippen LogP contribution in [-0.4, -0.2) is 44.6 Å². The molecule has 2 rings (SSSR count). The first-order valence-corrected chi connectivity index (χ1v) is 8.63. The lowest BCUT2D eigenvalue weighted by Crippen LogP contribution is -2.35. The summed E-state index contributed by atoms with van der Waals surface area (Å²) in [6.07, 6.45) is 1.98. The fourth-order valence-corrected chi connectivity index (χ4v) is 3.87. The SMILES string of the molecule is Cc1ccc(S(=O)(=O)N(C)CC2CCCOC2)cc1CO. The quantitative estimate of drug-likeness (QED) is 0.895. The first-order valence-electron chi connectivity index (χ1n) is 7.19. The van der Waals surface area contributed by atoms with Crippen molar-refractivity contribution in [3.8, 4) is 0 Å². The smallest absolute Gasteiger partial charge is 0.242 e. The second-order valence-corrected chi connectivity index (χ2v) is 7.66. The van der Waals surface area contributed by atoms with E-state index in [1.165, 1.54) is 4.31 Å². The van der Waals surface area contributed by atoms with Crippen LogP contribution in [0.1, 0.15) is 24.0 Å². The average molecular weight is 313 g/mol. The maximum Gasteiger partial charge on any atom is 0.242 e. The lowest BCUT2D eigenvalue weighted by atomic mass is 10.0. The van der Waals surface area contributed by atoms with E-state index in [9.17, 15) is 13.5 Å². The number of nitrogens with zero attached hydrogens (tertiary/aromatic N) is 1. The highest BCUT2D eigenvalue weighted by Crippen LogP contribution is 2.21. The predicted octanol–water partition coefficient (Wildman–Crippen LogP) is 1.53. The number of sulfonamides is 1. The number of hydrogen-bond acceptors (Lipinski definition) is 4. The van der Waals surface area contributed by atoms with Crippen molar-refractivity contribution in [3.63, 3.8) is 0 Å². The summed E-state index contributed by atoms with van der Waals surface area (Å²) in [6, 6.07) is 4.88. The maximum absolute atomic E-state index is 12.6. The second kappa shape index (κ2) is 6.87. The molecule has 6 heteroatoms. The van der Waals surface area contributed by atoms with Crippen molar-refractivity contribution in [1.29, 1.82) is 0 Å². The first-order chi connectivity index (χ1) is 9.95. The molecule has 1 unspecified atom stereocenters. The molecular formula is C15H23NO4S. The monoisotopic (exact) mass is 313 g/mol. The van der Waals surface area contributed by atoms with Crippen molar-refractivity contribution >= 4 is 10.0 Å². The summed E-state index contributed by atoms with van der Waals surface area (Å²) in [7, 11) is -1.92. The lowest BCUT2D eigenvalue weighted by molar-refractivity contribution is 0.0495. The molecule has 1 aliphatic rings. The van der Waals surface area contributed by atoms with E-state index >= 15 is 0 Å². The van der Waals surface area contributed by atoms with Crippen LogP contribution < -0.4 is 0 Å². The summed E-state index contributed by atoms with van der Waals surface area (Å²) < 4.78 is 32.0. The van der Waals surface area contributed by atoms with Crippen LogP contribution >= 0.6 is 0 Å². The van der Waals surface area contributed by atoms with Crippen LogP contribution in [0.2, 0.25) is 0 Å².